The third-order valence-electron chi connectivity index (χ3n) is 6.67. The summed E-state index contributed by atoms with van der Waals surface area (Å²) in [6.45, 7) is 7.12. The number of aliphatic hydroxyl groups is 2. The number of carbonyl (C=O) groups excluding carboxylic acids is 1. The SMILES string of the molecule is CC(C)C(NC(=O)c1cn(-c2c(F)cc(F)cc2F)c2nc(N3C[C@@H](O)[C@H](O)C3)c(F)cc2c1=O)C(C)C. The van der Waals surface area contributed by atoms with Gasteiger partial charge in [-0.05, 0) is 17.9 Å². The van der Waals surface area contributed by atoms with Gasteiger partial charge in [0.25, 0.3) is 5.91 Å². The molecule has 38 heavy (non-hydrogen) atoms. The van der Waals surface area contributed by atoms with E-state index in [1.807, 2.05) is 27.7 Å². The van der Waals surface area contributed by atoms with Gasteiger partial charge in [0.2, 0.25) is 5.43 Å². The number of aromatic nitrogens is 2. The van der Waals surface area contributed by atoms with Crippen LogP contribution in [0.1, 0.15) is 38.1 Å². The van der Waals surface area contributed by atoms with Crippen molar-refractivity contribution in [2.24, 2.45) is 11.8 Å². The molecule has 0 radical (unpaired) electrons. The molecular weight excluding hydrogens is 508 g/mol. The summed E-state index contributed by atoms with van der Waals surface area (Å²) in [5.41, 5.74) is -2.69. The van der Waals surface area contributed by atoms with Crippen LogP contribution < -0.4 is 15.6 Å². The lowest BCUT2D eigenvalue weighted by molar-refractivity contribution is 0.0572. The lowest BCUT2D eigenvalue weighted by Gasteiger charge is -2.26. The summed E-state index contributed by atoms with van der Waals surface area (Å²) in [4.78, 5) is 31.9. The van der Waals surface area contributed by atoms with Gasteiger partial charge in [-0.3, -0.25) is 14.2 Å². The molecule has 204 valence electrons. The Morgan fingerprint density at radius 2 is 1.53 bits per heavy atom. The van der Waals surface area contributed by atoms with E-state index in [0.29, 0.717) is 12.1 Å². The molecule has 0 bridgehead atoms. The summed E-state index contributed by atoms with van der Waals surface area (Å²) < 4.78 is 59.4. The van der Waals surface area contributed by atoms with Gasteiger partial charge in [0.05, 0.1) is 17.6 Å². The summed E-state index contributed by atoms with van der Waals surface area (Å²) in [5.74, 6) is -6.15. The Hall–Kier alpha value is -3.51. The number of nitrogens with zero attached hydrogens (tertiary/aromatic N) is 3. The number of hydrogen-bond donors (Lipinski definition) is 3. The molecule has 0 saturated carbocycles. The van der Waals surface area contributed by atoms with Gasteiger partial charge in [0, 0.05) is 37.5 Å². The molecule has 0 spiro atoms. The molecule has 3 aromatic rings. The minimum atomic E-state index is -1.35. The van der Waals surface area contributed by atoms with Gasteiger partial charge >= 0.3 is 0 Å². The number of hydrogen-bond acceptors (Lipinski definition) is 6. The van der Waals surface area contributed by atoms with Crippen LogP contribution in [0.4, 0.5) is 23.4 Å². The van der Waals surface area contributed by atoms with E-state index in [4.69, 9.17) is 0 Å². The lowest BCUT2D eigenvalue weighted by Crippen LogP contribution is -2.43. The number of amides is 1. The molecule has 3 N–H and O–H groups in total. The van der Waals surface area contributed by atoms with Crippen molar-refractivity contribution in [3.05, 3.63) is 63.5 Å². The van der Waals surface area contributed by atoms with Crippen LogP contribution in [0.15, 0.2) is 29.2 Å². The molecule has 3 heterocycles. The van der Waals surface area contributed by atoms with Gasteiger partial charge in [-0.2, -0.15) is 0 Å². The Kier molecular flexibility index (Phi) is 7.48. The van der Waals surface area contributed by atoms with E-state index in [9.17, 15) is 33.0 Å². The van der Waals surface area contributed by atoms with Crippen LogP contribution in [0.3, 0.4) is 0 Å². The molecule has 1 saturated heterocycles. The number of anilines is 1. The van der Waals surface area contributed by atoms with Crippen LogP contribution in [0.25, 0.3) is 16.7 Å². The van der Waals surface area contributed by atoms with Crippen LogP contribution in [-0.2, 0) is 0 Å². The van der Waals surface area contributed by atoms with Crippen LogP contribution >= 0.6 is 0 Å². The number of aliphatic hydroxyl groups excluding tert-OH is 2. The standard InChI is InChI=1S/C26H28F4N4O4/c1-11(2)21(12(3)4)31-26(38)15-8-34(22-16(28)5-13(27)6-17(22)29)24-14(23(15)37)7-18(30)25(32-24)33-9-19(35)20(36)10-33/h5-8,11-12,19-21,35-36H,9-10H2,1-4H3,(H,31,38)/t19-,20-/m1/s1. The first-order valence-electron chi connectivity index (χ1n) is 12.1. The topological polar surface area (TPSA) is 108 Å². The zero-order valence-corrected chi connectivity index (χ0v) is 21.2. The largest absolute Gasteiger partial charge is 0.389 e. The predicted octanol–water partition coefficient (Wildman–Crippen LogP) is 2.89. The molecule has 1 fully saturated rings. The summed E-state index contributed by atoms with van der Waals surface area (Å²) >= 11 is 0. The van der Waals surface area contributed by atoms with E-state index in [0.717, 1.165) is 16.8 Å². The number of β-amino-alcohol motifs (C(OH)–C–C–N with tert-alkyl or cyclic N) is 2. The maximum absolute atomic E-state index is 15.2. The normalized spacial score (nSPS) is 17.9. The minimum Gasteiger partial charge on any atom is -0.389 e. The molecule has 2 aromatic heterocycles. The monoisotopic (exact) mass is 536 g/mol. The highest BCUT2D eigenvalue weighted by molar-refractivity contribution is 5.97. The second kappa shape index (κ2) is 10.3. The number of halogens is 4. The van der Waals surface area contributed by atoms with E-state index in [1.165, 1.54) is 4.90 Å². The second-order valence-electron chi connectivity index (χ2n) is 10.2. The summed E-state index contributed by atoms with van der Waals surface area (Å²) in [7, 11) is 0. The van der Waals surface area contributed by atoms with Gasteiger partial charge in [-0.15, -0.1) is 0 Å². The molecule has 1 amide bonds. The molecule has 12 heteroatoms. The number of pyridine rings is 2. The Labute approximate surface area is 215 Å². The summed E-state index contributed by atoms with van der Waals surface area (Å²) in [6, 6.07) is 1.28. The number of carbonyl (C=O) groups is 1. The van der Waals surface area contributed by atoms with Crippen molar-refractivity contribution in [1.82, 2.24) is 14.9 Å². The van der Waals surface area contributed by atoms with Crippen LogP contribution in [0.2, 0.25) is 0 Å². The quantitative estimate of drug-likeness (QED) is 0.419. The number of fused-ring (bicyclic) bond motifs is 1. The van der Waals surface area contributed by atoms with Crippen molar-refractivity contribution < 1.29 is 32.6 Å². The van der Waals surface area contributed by atoms with Crippen molar-refractivity contribution in [2.45, 2.75) is 45.9 Å². The first-order valence-corrected chi connectivity index (χ1v) is 12.1. The van der Waals surface area contributed by atoms with E-state index < -0.39 is 69.1 Å². The molecule has 8 nitrogen and oxygen atoms in total. The average molecular weight is 537 g/mol. The van der Waals surface area contributed by atoms with Gasteiger partial charge in [-0.1, -0.05) is 27.7 Å². The smallest absolute Gasteiger partial charge is 0.257 e. The Morgan fingerprint density at radius 3 is 2.05 bits per heavy atom. The van der Waals surface area contributed by atoms with Crippen LogP contribution in [-0.4, -0.2) is 57.0 Å². The third kappa shape index (κ3) is 4.97. The fourth-order valence-corrected chi connectivity index (χ4v) is 4.81. The van der Waals surface area contributed by atoms with Gasteiger partial charge < -0.3 is 20.4 Å². The minimum absolute atomic E-state index is 0.0125. The average Bonchev–Trinajstić information content (AvgIpc) is 3.15. The Morgan fingerprint density at radius 1 is 0.974 bits per heavy atom. The molecule has 1 aliphatic rings. The predicted molar refractivity (Wildman–Crippen MR) is 132 cm³/mol. The molecular formula is C26H28F4N4O4. The molecule has 0 aliphatic carbocycles. The van der Waals surface area contributed by atoms with Crippen molar-refractivity contribution in [3.8, 4) is 5.69 Å². The number of nitrogens with one attached hydrogen (secondary N) is 1. The number of rotatable bonds is 6. The molecule has 1 aromatic carbocycles. The summed E-state index contributed by atoms with van der Waals surface area (Å²) in [5, 5.41) is 22.1. The maximum atomic E-state index is 15.2. The highest BCUT2D eigenvalue weighted by atomic mass is 19.1. The first kappa shape index (κ1) is 27.5. The van der Waals surface area contributed by atoms with Crippen molar-refractivity contribution in [1.29, 1.82) is 0 Å². The van der Waals surface area contributed by atoms with Crippen LogP contribution in [0.5, 0.6) is 0 Å². The van der Waals surface area contributed by atoms with Crippen molar-refractivity contribution in [3.63, 3.8) is 0 Å². The Bertz CT molecular complexity index is 1420. The maximum Gasteiger partial charge on any atom is 0.257 e. The Balaban J connectivity index is 1.99. The van der Waals surface area contributed by atoms with Gasteiger partial charge in [0.15, 0.2) is 28.9 Å². The summed E-state index contributed by atoms with van der Waals surface area (Å²) in [6.07, 6.45) is -1.50. The first-order chi connectivity index (χ1) is 17.8. The van der Waals surface area contributed by atoms with E-state index in [2.05, 4.69) is 10.3 Å². The van der Waals surface area contributed by atoms with Crippen LogP contribution in [0, 0.1) is 35.1 Å². The van der Waals surface area contributed by atoms with Crippen molar-refractivity contribution in [2.75, 3.05) is 18.0 Å². The zero-order valence-electron chi connectivity index (χ0n) is 21.2. The van der Waals surface area contributed by atoms with E-state index in [-0.39, 0.29) is 36.8 Å². The van der Waals surface area contributed by atoms with Crippen molar-refractivity contribution >= 4 is 22.8 Å². The van der Waals surface area contributed by atoms with Gasteiger partial charge in [0.1, 0.15) is 17.1 Å². The second-order valence-corrected chi connectivity index (χ2v) is 10.2. The molecule has 0 unspecified atom stereocenters. The van der Waals surface area contributed by atoms with E-state index >= 15 is 4.39 Å². The highest BCUT2D eigenvalue weighted by Gasteiger charge is 2.33. The zero-order chi connectivity index (χ0) is 28.0. The molecule has 4 rings (SSSR count). The molecule has 2 atom stereocenters. The third-order valence-corrected chi connectivity index (χ3v) is 6.67. The van der Waals surface area contributed by atoms with E-state index in [1.54, 1.807) is 0 Å². The highest BCUT2D eigenvalue weighted by Crippen LogP contribution is 2.28. The number of benzene rings is 1. The van der Waals surface area contributed by atoms with Gasteiger partial charge in [-0.25, -0.2) is 22.5 Å². The lowest BCUT2D eigenvalue weighted by atomic mass is 9.93. The fourth-order valence-electron chi connectivity index (χ4n) is 4.81. The fraction of sp³-hybridized carbons (Fsp3) is 0.423. The molecule has 1 aliphatic heterocycles.